The average molecular weight is 667 g/mol. The number of benzene rings is 1. The molecule has 250 valence electrons. The Morgan fingerprint density at radius 1 is 1.11 bits per heavy atom. The molecular formula is C37H40F2O7S. The molecule has 3 saturated carbocycles. The number of Topliss-reactive ketones (excluding diaryl/α,β-unsaturated/α-hetero) is 1. The van der Waals surface area contributed by atoms with Gasteiger partial charge in [-0.2, -0.15) is 0 Å². The van der Waals surface area contributed by atoms with E-state index in [0.717, 1.165) is 34.5 Å². The summed E-state index contributed by atoms with van der Waals surface area (Å²) < 4.78 is 45.1. The highest BCUT2D eigenvalue weighted by atomic mass is 32.2. The van der Waals surface area contributed by atoms with Crippen molar-refractivity contribution in [1.29, 1.82) is 0 Å². The van der Waals surface area contributed by atoms with Gasteiger partial charge in [-0.25, -0.2) is 13.6 Å². The summed E-state index contributed by atoms with van der Waals surface area (Å²) in [6.07, 6.45) is 2.48. The Kier molecular flexibility index (Phi) is 8.11. The standard InChI is InChI=1S/C37H40F2O7S/c1-19-11-20(2)31(21(3)12-19)29(41)18-47-33(44)37(46-32(43)23-8-10-45-17-23)22(4)13-25-26-15-28(38)27-14-24(40)7-9-34(27,5)36(26,39)30(42)16-35(25,37)6/h7-12,14,17,22,25-26,28,30,42H,13,15-16,18H2,1-6H3/t22-,25+,26+,28+,30+,34+,35+,36+,37+/m1/s1. The van der Waals surface area contributed by atoms with Crippen molar-refractivity contribution in [1.82, 2.24) is 0 Å². The van der Waals surface area contributed by atoms with Crippen LogP contribution in [0.5, 0.6) is 0 Å². The fourth-order valence-corrected chi connectivity index (χ4v) is 10.8. The zero-order valence-corrected chi connectivity index (χ0v) is 28.2. The van der Waals surface area contributed by atoms with Crippen molar-refractivity contribution >= 4 is 34.4 Å². The van der Waals surface area contributed by atoms with Crippen LogP contribution in [0, 0.1) is 49.4 Å². The smallest absolute Gasteiger partial charge is 0.342 e. The molecule has 1 heterocycles. The maximum atomic E-state index is 17.8. The second-order valence-electron chi connectivity index (χ2n) is 14.4. The van der Waals surface area contributed by atoms with Crippen molar-refractivity contribution in [3.8, 4) is 0 Å². The third-order valence-corrected chi connectivity index (χ3v) is 12.7. The zero-order chi connectivity index (χ0) is 34.3. The maximum absolute atomic E-state index is 17.8. The van der Waals surface area contributed by atoms with Crippen LogP contribution in [-0.2, 0) is 14.3 Å². The van der Waals surface area contributed by atoms with E-state index >= 15 is 8.78 Å². The molecule has 4 aliphatic rings. The molecular weight excluding hydrogens is 626 g/mol. The highest BCUT2D eigenvalue weighted by Gasteiger charge is 2.78. The quantitative estimate of drug-likeness (QED) is 0.265. The number of thioether (sulfide) groups is 1. The Morgan fingerprint density at radius 2 is 1.79 bits per heavy atom. The Hall–Kier alpha value is -3.37. The first-order valence-corrected chi connectivity index (χ1v) is 17.0. The fraction of sp³-hybridized carbons (Fsp3) is 0.514. The van der Waals surface area contributed by atoms with Gasteiger partial charge in [0.1, 0.15) is 12.4 Å². The third kappa shape index (κ3) is 4.68. The summed E-state index contributed by atoms with van der Waals surface area (Å²) in [5.41, 5.74) is -4.01. The Balaban J connectivity index is 1.41. The van der Waals surface area contributed by atoms with Crippen molar-refractivity contribution in [2.75, 3.05) is 5.75 Å². The molecule has 0 spiro atoms. The van der Waals surface area contributed by atoms with Gasteiger partial charge in [-0.05, 0) is 87.8 Å². The van der Waals surface area contributed by atoms with Crippen LogP contribution in [-0.4, -0.2) is 57.1 Å². The maximum Gasteiger partial charge on any atom is 0.342 e. The van der Waals surface area contributed by atoms with Crippen molar-refractivity contribution in [2.45, 2.75) is 84.4 Å². The molecule has 1 N–H and O–H groups in total. The van der Waals surface area contributed by atoms with E-state index in [1.807, 2.05) is 32.9 Å². The molecule has 0 unspecified atom stereocenters. The minimum absolute atomic E-state index is 0.00179. The number of ether oxygens (including phenoxy) is 1. The lowest BCUT2D eigenvalue weighted by Gasteiger charge is -2.63. The molecule has 1 aromatic carbocycles. The van der Waals surface area contributed by atoms with Crippen LogP contribution in [0.3, 0.4) is 0 Å². The van der Waals surface area contributed by atoms with E-state index in [9.17, 15) is 24.3 Å². The lowest BCUT2D eigenvalue weighted by molar-refractivity contribution is -0.221. The Morgan fingerprint density at radius 3 is 2.43 bits per heavy atom. The molecule has 1 aromatic heterocycles. The number of carbonyl (C=O) groups is 4. The fourth-order valence-electron chi connectivity index (χ4n) is 9.73. The number of aliphatic hydroxyl groups is 1. The highest BCUT2D eigenvalue weighted by molar-refractivity contribution is 8.14. The molecule has 6 rings (SSSR count). The normalized spacial score (nSPS) is 37.4. The first-order chi connectivity index (χ1) is 22.0. The Bertz CT molecular complexity index is 1710. The molecule has 0 aliphatic heterocycles. The molecule has 2 aromatic rings. The van der Waals surface area contributed by atoms with E-state index in [1.54, 1.807) is 13.8 Å². The number of hydrogen-bond donors (Lipinski definition) is 1. The molecule has 47 heavy (non-hydrogen) atoms. The van der Waals surface area contributed by atoms with Crippen LogP contribution < -0.4 is 0 Å². The third-order valence-electron chi connectivity index (χ3n) is 11.8. The number of halogens is 2. The first kappa shape index (κ1) is 33.5. The van der Waals surface area contributed by atoms with Gasteiger partial charge in [0.15, 0.2) is 22.8 Å². The molecule has 0 saturated heterocycles. The SMILES string of the molecule is Cc1cc(C)c(C(=O)CSC(=O)[C@@]2(OC(=O)c3ccoc3)[C@H](C)C[C@H]3[C@@H]4C[C@H](F)C5=CC(=O)C=C[C@]5(C)[C@@]4(F)[C@@H](O)C[C@@]32C)c(C)c1. The number of aryl methyl sites for hydroxylation is 3. The van der Waals surface area contributed by atoms with E-state index in [2.05, 4.69) is 0 Å². The minimum atomic E-state index is -2.36. The second kappa shape index (κ2) is 11.4. The number of aliphatic hydroxyl groups excluding tert-OH is 1. The van der Waals surface area contributed by atoms with Gasteiger partial charge in [0.25, 0.3) is 0 Å². The van der Waals surface area contributed by atoms with Gasteiger partial charge in [0, 0.05) is 28.2 Å². The van der Waals surface area contributed by atoms with E-state index in [-0.39, 0.29) is 41.9 Å². The van der Waals surface area contributed by atoms with Gasteiger partial charge in [-0.3, -0.25) is 14.4 Å². The molecule has 0 amide bonds. The lowest BCUT2D eigenvalue weighted by atomic mass is 9.44. The molecule has 0 bridgehead atoms. The summed E-state index contributed by atoms with van der Waals surface area (Å²) in [5, 5.41) is 11.2. The number of ketones is 2. The van der Waals surface area contributed by atoms with E-state index in [0.29, 0.717) is 5.56 Å². The largest absolute Gasteiger partial charge is 0.472 e. The Labute approximate surface area is 277 Å². The van der Waals surface area contributed by atoms with Crippen molar-refractivity contribution < 1.29 is 42.2 Å². The molecule has 9 atom stereocenters. The van der Waals surface area contributed by atoms with Crippen molar-refractivity contribution in [2.24, 2.45) is 28.6 Å². The predicted octanol–water partition coefficient (Wildman–Crippen LogP) is 6.81. The summed E-state index contributed by atoms with van der Waals surface area (Å²) in [4.78, 5) is 54.0. The lowest BCUT2D eigenvalue weighted by Crippen LogP contribution is -2.70. The van der Waals surface area contributed by atoms with Gasteiger partial charge < -0.3 is 14.3 Å². The number of esters is 1. The van der Waals surface area contributed by atoms with Gasteiger partial charge in [0.2, 0.25) is 5.12 Å². The van der Waals surface area contributed by atoms with Crippen molar-refractivity contribution in [3.63, 3.8) is 0 Å². The van der Waals surface area contributed by atoms with Crippen LogP contribution in [0.1, 0.15) is 77.4 Å². The van der Waals surface area contributed by atoms with E-state index in [4.69, 9.17) is 9.15 Å². The van der Waals surface area contributed by atoms with Gasteiger partial charge >= 0.3 is 5.97 Å². The topological polar surface area (TPSA) is 111 Å². The second-order valence-corrected chi connectivity index (χ2v) is 15.4. The zero-order valence-electron chi connectivity index (χ0n) is 27.4. The summed E-state index contributed by atoms with van der Waals surface area (Å²) in [7, 11) is 0. The van der Waals surface area contributed by atoms with Crippen molar-refractivity contribution in [3.05, 3.63) is 82.3 Å². The summed E-state index contributed by atoms with van der Waals surface area (Å²) in [5.74, 6) is -4.18. The molecule has 7 nitrogen and oxygen atoms in total. The minimum Gasteiger partial charge on any atom is -0.472 e. The first-order valence-electron chi connectivity index (χ1n) is 16.0. The van der Waals surface area contributed by atoms with Crippen LogP contribution in [0.25, 0.3) is 0 Å². The van der Waals surface area contributed by atoms with Crippen LogP contribution in [0.4, 0.5) is 8.78 Å². The number of rotatable bonds is 6. The molecule has 4 aliphatic carbocycles. The predicted molar refractivity (Wildman–Crippen MR) is 172 cm³/mol. The van der Waals surface area contributed by atoms with Crippen LogP contribution >= 0.6 is 11.8 Å². The number of carbonyl (C=O) groups excluding carboxylic acids is 4. The van der Waals surface area contributed by atoms with Gasteiger partial charge in [-0.1, -0.05) is 49.4 Å². The van der Waals surface area contributed by atoms with Gasteiger partial charge in [-0.15, -0.1) is 0 Å². The van der Waals surface area contributed by atoms with Crippen LogP contribution in [0.2, 0.25) is 0 Å². The van der Waals surface area contributed by atoms with E-state index in [1.165, 1.54) is 37.7 Å². The number of fused-ring (bicyclic) bond motifs is 5. The number of allylic oxidation sites excluding steroid dienone is 4. The van der Waals surface area contributed by atoms with E-state index < -0.39 is 69.0 Å². The molecule has 10 heteroatoms. The number of alkyl halides is 2. The highest BCUT2D eigenvalue weighted by Crippen LogP contribution is 2.72. The monoisotopic (exact) mass is 666 g/mol. The number of hydrogen-bond acceptors (Lipinski definition) is 8. The molecule has 0 radical (unpaired) electrons. The average Bonchev–Trinajstić information content (AvgIpc) is 3.60. The number of furan rings is 1. The molecule has 3 fully saturated rings. The van der Waals surface area contributed by atoms with Gasteiger partial charge in [0.05, 0.1) is 23.7 Å². The summed E-state index contributed by atoms with van der Waals surface area (Å²) in [6.45, 7) is 10.6. The summed E-state index contributed by atoms with van der Waals surface area (Å²) in [6, 6.07) is 5.21. The summed E-state index contributed by atoms with van der Waals surface area (Å²) >= 11 is 0.746. The van der Waals surface area contributed by atoms with Crippen LogP contribution in [0.15, 0.2) is 58.9 Å².